The van der Waals surface area contributed by atoms with Crippen LogP contribution in [0.1, 0.15) is 31.9 Å². The lowest BCUT2D eigenvalue weighted by Crippen LogP contribution is -2.31. The van der Waals surface area contributed by atoms with Gasteiger partial charge in [0, 0.05) is 17.6 Å². The van der Waals surface area contributed by atoms with Gasteiger partial charge in [-0.3, -0.25) is 9.78 Å². The standard InChI is InChI=1S/C21H22N6O2S/c1-3-11-30-21-25-20-23-13(2)17(19(29)24-15-5-4-10-22-12-15)18(27(20)26-21)14-6-8-16(28)9-7-14/h4-10,12,18,28H,3,11H2,1-2H3,(H,24,29)(H,23,25,26). The summed E-state index contributed by atoms with van der Waals surface area (Å²) in [6.07, 6.45) is 4.26. The van der Waals surface area contributed by atoms with Gasteiger partial charge in [0.25, 0.3) is 5.91 Å². The lowest BCUT2D eigenvalue weighted by molar-refractivity contribution is -0.113. The maximum atomic E-state index is 13.3. The molecular weight excluding hydrogens is 400 g/mol. The Morgan fingerprint density at radius 1 is 1.30 bits per heavy atom. The zero-order valence-electron chi connectivity index (χ0n) is 16.7. The summed E-state index contributed by atoms with van der Waals surface area (Å²) in [5, 5.41) is 21.2. The molecule has 3 N–H and O–H groups in total. The Bertz CT molecular complexity index is 1080. The van der Waals surface area contributed by atoms with Crippen molar-refractivity contribution in [1.82, 2.24) is 19.7 Å². The monoisotopic (exact) mass is 422 g/mol. The largest absolute Gasteiger partial charge is 0.508 e. The second-order valence-corrected chi connectivity index (χ2v) is 7.93. The average molecular weight is 423 g/mol. The zero-order chi connectivity index (χ0) is 21.1. The van der Waals surface area contributed by atoms with Gasteiger partial charge >= 0.3 is 0 Å². The second-order valence-electron chi connectivity index (χ2n) is 6.86. The van der Waals surface area contributed by atoms with Crippen LogP contribution in [0.5, 0.6) is 5.75 Å². The number of hydrogen-bond donors (Lipinski definition) is 3. The Morgan fingerprint density at radius 3 is 2.80 bits per heavy atom. The number of thioether (sulfide) groups is 1. The summed E-state index contributed by atoms with van der Waals surface area (Å²) in [5.74, 6) is 1.40. The number of amides is 1. The molecule has 1 amide bonds. The summed E-state index contributed by atoms with van der Waals surface area (Å²) in [7, 11) is 0. The van der Waals surface area contributed by atoms with Crippen molar-refractivity contribution in [3.8, 4) is 5.75 Å². The van der Waals surface area contributed by atoms with E-state index in [0.717, 1.165) is 17.7 Å². The minimum absolute atomic E-state index is 0.160. The third kappa shape index (κ3) is 4.02. The van der Waals surface area contributed by atoms with E-state index in [4.69, 9.17) is 0 Å². The van der Waals surface area contributed by atoms with Gasteiger partial charge in [0.2, 0.25) is 11.1 Å². The number of pyridine rings is 1. The lowest BCUT2D eigenvalue weighted by Gasteiger charge is -2.28. The van der Waals surface area contributed by atoms with Crippen LogP contribution in [0, 0.1) is 0 Å². The molecule has 1 atom stereocenters. The van der Waals surface area contributed by atoms with Crippen LogP contribution in [0.3, 0.4) is 0 Å². The number of rotatable bonds is 6. The average Bonchev–Trinajstić information content (AvgIpc) is 3.15. The highest BCUT2D eigenvalue weighted by molar-refractivity contribution is 7.99. The SMILES string of the molecule is CCCSc1nc2n(n1)C(c1ccc(O)cc1)C(C(=O)Nc1cccnc1)=C(C)N2. The van der Waals surface area contributed by atoms with Gasteiger partial charge in [0.15, 0.2) is 0 Å². The number of aromatic nitrogens is 4. The summed E-state index contributed by atoms with van der Waals surface area (Å²) in [5.41, 5.74) is 2.65. The minimum atomic E-state index is -0.484. The van der Waals surface area contributed by atoms with E-state index in [1.807, 2.05) is 6.92 Å². The van der Waals surface area contributed by atoms with Crippen molar-refractivity contribution in [2.45, 2.75) is 31.5 Å². The zero-order valence-corrected chi connectivity index (χ0v) is 17.5. The molecule has 0 radical (unpaired) electrons. The molecule has 3 heterocycles. The second kappa shape index (κ2) is 8.58. The number of phenols is 1. The molecule has 3 aromatic rings. The fourth-order valence-electron chi connectivity index (χ4n) is 3.28. The van der Waals surface area contributed by atoms with E-state index >= 15 is 0 Å². The normalized spacial score (nSPS) is 15.5. The number of carbonyl (C=O) groups is 1. The van der Waals surface area contributed by atoms with E-state index in [1.54, 1.807) is 65.2 Å². The number of carbonyl (C=O) groups excluding carboxylic acids is 1. The van der Waals surface area contributed by atoms with Crippen molar-refractivity contribution in [3.05, 3.63) is 65.6 Å². The summed E-state index contributed by atoms with van der Waals surface area (Å²) < 4.78 is 1.73. The van der Waals surface area contributed by atoms with E-state index in [-0.39, 0.29) is 11.7 Å². The third-order valence-electron chi connectivity index (χ3n) is 4.64. The minimum Gasteiger partial charge on any atom is -0.508 e. The first-order valence-corrected chi connectivity index (χ1v) is 10.6. The summed E-state index contributed by atoms with van der Waals surface area (Å²) in [6.45, 7) is 3.95. The molecule has 9 heteroatoms. The highest BCUT2D eigenvalue weighted by Crippen LogP contribution is 2.37. The third-order valence-corrected chi connectivity index (χ3v) is 5.68. The number of hydrogen-bond acceptors (Lipinski definition) is 7. The van der Waals surface area contributed by atoms with E-state index in [9.17, 15) is 9.90 Å². The molecular formula is C21H22N6O2S. The molecule has 2 aromatic heterocycles. The van der Waals surface area contributed by atoms with Crippen LogP contribution in [0.2, 0.25) is 0 Å². The first-order valence-electron chi connectivity index (χ1n) is 9.64. The molecule has 0 saturated carbocycles. The number of aromatic hydroxyl groups is 1. The quantitative estimate of drug-likeness (QED) is 0.519. The number of nitrogens with one attached hydrogen (secondary N) is 2. The Balaban J connectivity index is 1.75. The van der Waals surface area contributed by atoms with Crippen molar-refractivity contribution in [1.29, 1.82) is 0 Å². The van der Waals surface area contributed by atoms with Crippen LogP contribution in [-0.4, -0.2) is 36.5 Å². The van der Waals surface area contributed by atoms with Crippen molar-refractivity contribution in [2.75, 3.05) is 16.4 Å². The van der Waals surface area contributed by atoms with E-state index in [1.165, 1.54) is 0 Å². The van der Waals surface area contributed by atoms with Crippen molar-refractivity contribution in [2.24, 2.45) is 0 Å². The van der Waals surface area contributed by atoms with Crippen molar-refractivity contribution in [3.63, 3.8) is 0 Å². The molecule has 30 heavy (non-hydrogen) atoms. The first kappa shape index (κ1) is 20.0. The maximum Gasteiger partial charge on any atom is 0.255 e. The Labute approximate surface area is 178 Å². The van der Waals surface area contributed by atoms with Crippen molar-refractivity contribution >= 4 is 29.3 Å². The van der Waals surface area contributed by atoms with Crippen LogP contribution >= 0.6 is 11.8 Å². The van der Waals surface area contributed by atoms with Gasteiger partial charge < -0.3 is 15.7 Å². The molecule has 1 unspecified atom stereocenters. The topological polar surface area (TPSA) is 105 Å². The fourth-order valence-corrected chi connectivity index (χ4v) is 3.96. The molecule has 0 aliphatic carbocycles. The van der Waals surface area contributed by atoms with Crippen LogP contribution in [0.15, 0.2) is 65.2 Å². The smallest absolute Gasteiger partial charge is 0.255 e. The van der Waals surface area contributed by atoms with Gasteiger partial charge in [0.05, 0.1) is 17.5 Å². The number of benzene rings is 1. The summed E-state index contributed by atoms with van der Waals surface area (Å²) >= 11 is 1.58. The molecule has 0 spiro atoms. The van der Waals surface area contributed by atoms with Gasteiger partial charge in [-0.25, -0.2) is 4.68 Å². The molecule has 1 aliphatic rings. The molecule has 0 saturated heterocycles. The van der Waals surface area contributed by atoms with E-state index < -0.39 is 6.04 Å². The van der Waals surface area contributed by atoms with E-state index in [0.29, 0.717) is 28.1 Å². The first-order chi connectivity index (χ1) is 14.6. The number of allylic oxidation sites excluding steroid dienone is 1. The van der Waals surface area contributed by atoms with Crippen LogP contribution < -0.4 is 10.6 Å². The van der Waals surface area contributed by atoms with Gasteiger partial charge in [-0.15, -0.1) is 5.10 Å². The van der Waals surface area contributed by atoms with Gasteiger partial charge in [-0.2, -0.15) is 4.98 Å². The Kier molecular flexibility index (Phi) is 5.71. The van der Waals surface area contributed by atoms with Crippen LogP contribution in [0.25, 0.3) is 0 Å². The molecule has 154 valence electrons. The lowest BCUT2D eigenvalue weighted by atomic mass is 9.95. The van der Waals surface area contributed by atoms with Crippen LogP contribution in [0.4, 0.5) is 11.6 Å². The van der Waals surface area contributed by atoms with Gasteiger partial charge in [-0.1, -0.05) is 30.8 Å². The van der Waals surface area contributed by atoms with Gasteiger partial charge in [0.1, 0.15) is 11.8 Å². The number of fused-ring (bicyclic) bond motifs is 1. The summed E-state index contributed by atoms with van der Waals surface area (Å²) in [4.78, 5) is 21.9. The van der Waals surface area contributed by atoms with Crippen molar-refractivity contribution < 1.29 is 9.90 Å². The maximum absolute atomic E-state index is 13.3. The molecule has 0 bridgehead atoms. The Morgan fingerprint density at radius 2 is 2.10 bits per heavy atom. The Hall–Kier alpha value is -3.33. The predicted octanol–water partition coefficient (Wildman–Crippen LogP) is 3.81. The molecule has 0 fully saturated rings. The molecule has 1 aliphatic heterocycles. The highest BCUT2D eigenvalue weighted by Gasteiger charge is 2.34. The molecule has 1 aromatic carbocycles. The highest BCUT2D eigenvalue weighted by atomic mass is 32.2. The number of phenolic OH excluding ortho intramolecular Hbond substituents is 1. The van der Waals surface area contributed by atoms with Gasteiger partial charge in [-0.05, 0) is 43.2 Å². The molecule has 8 nitrogen and oxygen atoms in total. The van der Waals surface area contributed by atoms with E-state index in [2.05, 4.69) is 32.6 Å². The molecule has 4 rings (SSSR count). The fraction of sp³-hybridized carbons (Fsp3) is 0.238. The number of nitrogens with zero attached hydrogens (tertiary/aromatic N) is 4. The predicted molar refractivity (Wildman–Crippen MR) is 116 cm³/mol. The summed E-state index contributed by atoms with van der Waals surface area (Å²) in [6, 6.07) is 9.86. The van der Waals surface area contributed by atoms with Crippen LogP contribution in [-0.2, 0) is 4.79 Å². The number of anilines is 2.